The van der Waals surface area contributed by atoms with E-state index in [1.54, 1.807) is 6.07 Å². The Kier molecular flexibility index (Phi) is 7.29. The number of halogens is 3. The highest BCUT2D eigenvalue weighted by Gasteiger charge is 2.30. The van der Waals surface area contributed by atoms with Gasteiger partial charge in [0.1, 0.15) is 17.4 Å². The molecule has 3 aromatic rings. The lowest BCUT2D eigenvalue weighted by atomic mass is 10.1. The van der Waals surface area contributed by atoms with Gasteiger partial charge in [-0.2, -0.15) is 18.4 Å². The first kappa shape index (κ1) is 25.4. The molecular formula is C23H13F3N4O6. The SMILES string of the molecule is N#C/C(=C\c1ccc(Oc2ccc([N+](=O)[O-])cc2[N+](=O)[O-])cc1)C(=O)Nc1cccc(C(F)(F)F)c1. The third-order valence-electron chi connectivity index (χ3n) is 4.58. The summed E-state index contributed by atoms with van der Waals surface area (Å²) < 4.78 is 44.0. The van der Waals surface area contributed by atoms with Gasteiger partial charge in [-0.3, -0.25) is 25.0 Å². The van der Waals surface area contributed by atoms with E-state index in [-0.39, 0.29) is 17.2 Å². The van der Waals surface area contributed by atoms with Crippen LogP contribution in [0.15, 0.2) is 72.3 Å². The molecule has 0 radical (unpaired) electrons. The van der Waals surface area contributed by atoms with E-state index < -0.39 is 44.4 Å². The standard InChI is InChI=1S/C23H13F3N4O6/c24-23(25,26)16-2-1-3-17(11-16)28-22(31)15(13-27)10-14-4-7-19(8-5-14)36-21-9-6-18(29(32)33)12-20(21)30(34)35/h1-12H,(H,28,31)/b15-10+. The molecule has 0 aliphatic heterocycles. The number of rotatable bonds is 7. The fourth-order valence-corrected chi connectivity index (χ4v) is 2.89. The largest absolute Gasteiger partial charge is 0.450 e. The van der Waals surface area contributed by atoms with Crippen molar-refractivity contribution < 1.29 is 32.5 Å². The average molecular weight is 498 g/mol. The molecule has 0 fully saturated rings. The number of hydrogen-bond donors (Lipinski definition) is 1. The summed E-state index contributed by atoms with van der Waals surface area (Å²) in [7, 11) is 0. The monoisotopic (exact) mass is 498 g/mol. The maximum atomic E-state index is 12.9. The first-order valence-electron chi connectivity index (χ1n) is 9.79. The van der Waals surface area contributed by atoms with Crippen molar-refractivity contribution in [1.82, 2.24) is 0 Å². The lowest BCUT2D eigenvalue weighted by Crippen LogP contribution is -2.14. The van der Waals surface area contributed by atoms with E-state index >= 15 is 0 Å². The molecule has 0 heterocycles. The van der Waals surface area contributed by atoms with Gasteiger partial charge in [0.25, 0.3) is 11.6 Å². The number of hydrogen-bond acceptors (Lipinski definition) is 7. The summed E-state index contributed by atoms with van der Waals surface area (Å²) in [5.74, 6) is -1.05. The van der Waals surface area contributed by atoms with Crippen LogP contribution in [0.5, 0.6) is 11.5 Å². The molecule has 0 saturated carbocycles. The number of nitrogens with zero attached hydrogens (tertiary/aromatic N) is 3. The number of benzene rings is 3. The quantitative estimate of drug-likeness (QED) is 0.186. The molecule has 0 saturated heterocycles. The summed E-state index contributed by atoms with van der Waals surface area (Å²) >= 11 is 0. The Hall–Kier alpha value is -5.25. The number of alkyl halides is 3. The molecule has 1 N–H and O–H groups in total. The van der Waals surface area contributed by atoms with Gasteiger partial charge in [0.15, 0.2) is 0 Å². The predicted octanol–water partition coefficient (Wildman–Crippen LogP) is 5.86. The van der Waals surface area contributed by atoms with E-state index in [0.717, 1.165) is 36.4 Å². The number of non-ortho nitro benzene ring substituents is 1. The van der Waals surface area contributed by atoms with E-state index in [0.29, 0.717) is 5.56 Å². The molecule has 0 aliphatic rings. The van der Waals surface area contributed by atoms with Crippen LogP contribution in [0.3, 0.4) is 0 Å². The van der Waals surface area contributed by atoms with E-state index in [1.807, 2.05) is 0 Å². The van der Waals surface area contributed by atoms with Gasteiger partial charge in [0, 0.05) is 11.8 Å². The van der Waals surface area contributed by atoms with E-state index in [1.165, 1.54) is 36.4 Å². The normalized spacial score (nSPS) is 11.3. The number of nitrogens with one attached hydrogen (secondary N) is 1. The fraction of sp³-hybridized carbons (Fsp3) is 0.0435. The summed E-state index contributed by atoms with van der Waals surface area (Å²) in [5, 5.41) is 33.6. The molecule has 0 atom stereocenters. The van der Waals surface area contributed by atoms with Crippen molar-refractivity contribution in [3.8, 4) is 17.6 Å². The van der Waals surface area contributed by atoms with Crippen LogP contribution < -0.4 is 10.1 Å². The summed E-state index contributed by atoms with van der Waals surface area (Å²) in [5.41, 5.74) is -2.27. The van der Waals surface area contributed by atoms with Gasteiger partial charge in [0.05, 0.1) is 21.5 Å². The maximum absolute atomic E-state index is 12.9. The second-order valence-corrected chi connectivity index (χ2v) is 7.04. The molecule has 13 heteroatoms. The van der Waals surface area contributed by atoms with Gasteiger partial charge in [-0.05, 0) is 48.0 Å². The summed E-state index contributed by atoms with van der Waals surface area (Å²) in [6, 6.07) is 14.1. The van der Waals surface area contributed by atoms with E-state index in [2.05, 4.69) is 5.32 Å². The van der Waals surface area contributed by atoms with Crippen LogP contribution in [-0.4, -0.2) is 15.8 Å². The fourth-order valence-electron chi connectivity index (χ4n) is 2.89. The van der Waals surface area contributed by atoms with Gasteiger partial charge in [0.2, 0.25) is 5.75 Å². The van der Waals surface area contributed by atoms with Crippen LogP contribution in [0.25, 0.3) is 6.08 Å². The van der Waals surface area contributed by atoms with Gasteiger partial charge in [-0.25, -0.2) is 0 Å². The third-order valence-corrected chi connectivity index (χ3v) is 4.58. The van der Waals surface area contributed by atoms with Crippen molar-refractivity contribution in [2.75, 3.05) is 5.32 Å². The van der Waals surface area contributed by atoms with Crippen molar-refractivity contribution in [2.24, 2.45) is 0 Å². The molecule has 182 valence electrons. The minimum absolute atomic E-state index is 0.121. The minimum Gasteiger partial charge on any atom is -0.450 e. The molecular weight excluding hydrogens is 485 g/mol. The molecule has 1 amide bonds. The highest BCUT2D eigenvalue weighted by Crippen LogP contribution is 2.34. The molecule has 0 spiro atoms. The number of ether oxygens (including phenoxy) is 1. The van der Waals surface area contributed by atoms with Gasteiger partial charge >= 0.3 is 11.9 Å². The van der Waals surface area contributed by atoms with Crippen LogP contribution in [-0.2, 0) is 11.0 Å². The number of carbonyl (C=O) groups is 1. The van der Waals surface area contributed by atoms with Crippen LogP contribution >= 0.6 is 0 Å². The first-order valence-corrected chi connectivity index (χ1v) is 9.79. The Balaban J connectivity index is 1.77. The Morgan fingerprint density at radius 1 is 1.00 bits per heavy atom. The molecule has 0 unspecified atom stereocenters. The molecule has 0 aliphatic carbocycles. The van der Waals surface area contributed by atoms with Crippen molar-refractivity contribution >= 4 is 29.0 Å². The van der Waals surface area contributed by atoms with Crippen LogP contribution in [0.2, 0.25) is 0 Å². The van der Waals surface area contributed by atoms with E-state index in [9.17, 15) is 43.5 Å². The Bertz CT molecular complexity index is 1410. The van der Waals surface area contributed by atoms with Crippen LogP contribution in [0, 0.1) is 31.6 Å². The van der Waals surface area contributed by atoms with Crippen molar-refractivity contribution in [3.63, 3.8) is 0 Å². The lowest BCUT2D eigenvalue weighted by Gasteiger charge is -2.09. The summed E-state index contributed by atoms with van der Waals surface area (Å²) in [4.78, 5) is 32.8. The molecule has 3 aromatic carbocycles. The highest BCUT2D eigenvalue weighted by atomic mass is 19.4. The Morgan fingerprint density at radius 3 is 2.28 bits per heavy atom. The zero-order valence-electron chi connectivity index (χ0n) is 17.9. The molecule has 0 bridgehead atoms. The predicted molar refractivity (Wildman–Crippen MR) is 120 cm³/mol. The molecule has 36 heavy (non-hydrogen) atoms. The highest BCUT2D eigenvalue weighted by molar-refractivity contribution is 6.09. The van der Waals surface area contributed by atoms with Gasteiger partial charge in [-0.1, -0.05) is 18.2 Å². The van der Waals surface area contributed by atoms with Crippen molar-refractivity contribution in [1.29, 1.82) is 5.26 Å². The van der Waals surface area contributed by atoms with Gasteiger partial charge in [-0.15, -0.1) is 0 Å². The molecule has 3 rings (SSSR count). The number of nitro benzene ring substituents is 2. The number of carbonyl (C=O) groups excluding carboxylic acids is 1. The zero-order chi connectivity index (χ0) is 26.5. The zero-order valence-corrected chi connectivity index (χ0v) is 17.9. The molecule has 10 nitrogen and oxygen atoms in total. The first-order chi connectivity index (χ1) is 17.0. The van der Waals surface area contributed by atoms with Gasteiger partial charge < -0.3 is 10.1 Å². The third kappa shape index (κ3) is 6.20. The number of anilines is 1. The second kappa shape index (κ2) is 10.3. The van der Waals surface area contributed by atoms with Crippen LogP contribution in [0.4, 0.5) is 30.2 Å². The van der Waals surface area contributed by atoms with Crippen molar-refractivity contribution in [3.05, 3.63) is 104 Å². The number of nitro groups is 2. The molecule has 0 aromatic heterocycles. The second-order valence-electron chi connectivity index (χ2n) is 7.04. The topological polar surface area (TPSA) is 148 Å². The van der Waals surface area contributed by atoms with Crippen molar-refractivity contribution in [2.45, 2.75) is 6.18 Å². The average Bonchev–Trinajstić information content (AvgIpc) is 2.83. The number of nitriles is 1. The Morgan fingerprint density at radius 2 is 1.69 bits per heavy atom. The number of amides is 1. The maximum Gasteiger partial charge on any atom is 0.416 e. The van der Waals surface area contributed by atoms with Crippen LogP contribution in [0.1, 0.15) is 11.1 Å². The minimum atomic E-state index is -4.60. The van der Waals surface area contributed by atoms with E-state index in [4.69, 9.17) is 4.74 Å². The Labute approximate surface area is 200 Å². The lowest BCUT2D eigenvalue weighted by molar-refractivity contribution is -0.394. The summed E-state index contributed by atoms with van der Waals surface area (Å²) in [6.07, 6.45) is -3.42. The summed E-state index contributed by atoms with van der Waals surface area (Å²) in [6.45, 7) is 0. The smallest absolute Gasteiger partial charge is 0.416 e.